The summed E-state index contributed by atoms with van der Waals surface area (Å²) in [6.45, 7) is 6.84. The lowest BCUT2D eigenvalue weighted by Gasteiger charge is -2.34. The first-order valence-corrected chi connectivity index (χ1v) is 6.83. The molecule has 0 aromatic heterocycles. The Kier molecular flexibility index (Phi) is 3.58. The second-order valence-electron chi connectivity index (χ2n) is 6.40. The highest BCUT2D eigenvalue weighted by Crippen LogP contribution is 2.42. The number of benzene rings is 1. The molecule has 94 valence electrons. The van der Waals surface area contributed by atoms with Gasteiger partial charge in [-0.2, -0.15) is 0 Å². The molecule has 1 aliphatic carbocycles. The predicted molar refractivity (Wildman–Crippen MR) is 74.0 cm³/mol. The van der Waals surface area contributed by atoms with Crippen LogP contribution < -0.4 is 5.73 Å². The van der Waals surface area contributed by atoms with Gasteiger partial charge in [-0.05, 0) is 55.1 Å². The normalized spacial score (nSPS) is 22.4. The van der Waals surface area contributed by atoms with Crippen molar-refractivity contribution >= 4 is 0 Å². The number of nitrogens with two attached hydrogens (primary N) is 1. The van der Waals surface area contributed by atoms with Crippen molar-refractivity contribution in [3.63, 3.8) is 0 Å². The minimum atomic E-state index is 0.148. The maximum atomic E-state index is 5.96. The minimum absolute atomic E-state index is 0.148. The summed E-state index contributed by atoms with van der Waals surface area (Å²) in [6.07, 6.45) is 5.35. The average molecular weight is 231 g/mol. The van der Waals surface area contributed by atoms with E-state index in [1.807, 2.05) is 0 Å². The van der Waals surface area contributed by atoms with E-state index in [9.17, 15) is 0 Å². The van der Waals surface area contributed by atoms with Gasteiger partial charge >= 0.3 is 0 Å². The molecule has 1 aromatic carbocycles. The first-order chi connectivity index (χ1) is 7.98. The van der Waals surface area contributed by atoms with E-state index in [-0.39, 0.29) is 6.04 Å². The zero-order valence-corrected chi connectivity index (χ0v) is 11.4. The third-order valence-electron chi connectivity index (χ3n) is 4.25. The third-order valence-corrected chi connectivity index (χ3v) is 4.25. The van der Waals surface area contributed by atoms with Crippen LogP contribution in [0.15, 0.2) is 24.3 Å². The van der Waals surface area contributed by atoms with E-state index in [0.29, 0.717) is 5.41 Å². The molecule has 0 bridgehead atoms. The van der Waals surface area contributed by atoms with Gasteiger partial charge in [-0.25, -0.2) is 0 Å². The number of hydrogen-bond acceptors (Lipinski definition) is 1. The zero-order valence-electron chi connectivity index (χ0n) is 11.4. The Labute approximate surface area is 105 Å². The van der Waals surface area contributed by atoms with E-state index < -0.39 is 0 Å². The van der Waals surface area contributed by atoms with Crippen molar-refractivity contribution in [1.29, 1.82) is 0 Å². The Bertz CT molecular complexity index is 369. The van der Waals surface area contributed by atoms with Gasteiger partial charge in [-0.3, -0.25) is 0 Å². The zero-order chi connectivity index (χ0) is 12.5. The van der Waals surface area contributed by atoms with Crippen molar-refractivity contribution in [2.45, 2.75) is 58.4 Å². The molecule has 1 heteroatoms. The monoisotopic (exact) mass is 231 g/mol. The van der Waals surface area contributed by atoms with Crippen LogP contribution in [-0.2, 0) is 0 Å². The highest BCUT2D eigenvalue weighted by atomic mass is 14.6. The van der Waals surface area contributed by atoms with Crippen molar-refractivity contribution in [1.82, 2.24) is 0 Å². The van der Waals surface area contributed by atoms with E-state index in [4.69, 9.17) is 5.73 Å². The summed E-state index contributed by atoms with van der Waals surface area (Å²) in [6, 6.07) is 9.03. The fourth-order valence-corrected chi connectivity index (χ4v) is 2.83. The van der Waals surface area contributed by atoms with Crippen LogP contribution in [0.25, 0.3) is 0 Å². The maximum absolute atomic E-state index is 5.96. The molecule has 2 N–H and O–H groups in total. The van der Waals surface area contributed by atoms with Crippen molar-refractivity contribution in [2.24, 2.45) is 11.1 Å². The molecule has 0 aliphatic heterocycles. The third kappa shape index (κ3) is 3.10. The molecule has 1 unspecified atom stereocenters. The Morgan fingerprint density at radius 2 is 1.88 bits per heavy atom. The lowest BCUT2D eigenvalue weighted by molar-refractivity contribution is 0.224. The first-order valence-electron chi connectivity index (χ1n) is 6.83. The Balaban J connectivity index is 2.10. The van der Waals surface area contributed by atoms with Crippen LogP contribution in [-0.4, -0.2) is 0 Å². The standard InChI is InChI=1S/C16H25N/c1-12(17)14-5-4-6-15(11-14)13-7-9-16(2,3)10-8-13/h4-6,11-13H,7-10,17H2,1-3H3. The lowest BCUT2D eigenvalue weighted by Crippen LogP contribution is -2.20. The van der Waals surface area contributed by atoms with Gasteiger partial charge in [0, 0.05) is 6.04 Å². The van der Waals surface area contributed by atoms with Crippen molar-refractivity contribution < 1.29 is 0 Å². The highest BCUT2D eigenvalue weighted by Gasteiger charge is 2.27. The molecular weight excluding hydrogens is 206 g/mol. The summed E-state index contributed by atoms with van der Waals surface area (Å²) in [5, 5.41) is 0. The van der Waals surface area contributed by atoms with E-state index in [2.05, 4.69) is 45.0 Å². The molecule has 0 spiro atoms. The SMILES string of the molecule is CC(N)c1cccc(C2CCC(C)(C)CC2)c1. The molecule has 2 rings (SSSR count). The van der Waals surface area contributed by atoms with Crippen molar-refractivity contribution in [2.75, 3.05) is 0 Å². The molecule has 1 nitrogen and oxygen atoms in total. The van der Waals surface area contributed by atoms with E-state index in [0.717, 1.165) is 5.92 Å². The molecular formula is C16H25N. The Hall–Kier alpha value is -0.820. The predicted octanol–water partition coefficient (Wildman–Crippen LogP) is 4.39. The van der Waals surface area contributed by atoms with Crippen LogP contribution >= 0.6 is 0 Å². The second kappa shape index (κ2) is 4.81. The summed E-state index contributed by atoms with van der Waals surface area (Å²) >= 11 is 0. The second-order valence-corrected chi connectivity index (χ2v) is 6.40. The van der Waals surface area contributed by atoms with Crippen LogP contribution in [0.5, 0.6) is 0 Å². The summed E-state index contributed by atoms with van der Waals surface area (Å²) in [7, 11) is 0. The Morgan fingerprint density at radius 3 is 2.47 bits per heavy atom. The van der Waals surface area contributed by atoms with Crippen LogP contribution in [0.3, 0.4) is 0 Å². The largest absolute Gasteiger partial charge is 0.324 e. The topological polar surface area (TPSA) is 26.0 Å². The number of hydrogen-bond donors (Lipinski definition) is 1. The van der Waals surface area contributed by atoms with E-state index in [1.165, 1.54) is 36.8 Å². The molecule has 1 saturated carbocycles. The minimum Gasteiger partial charge on any atom is -0.324 e. The summed E-state index contributed by atoms with van der Waals surface area (Å²) in [5.41, 5.74) is 9.27. The van der Waals surface area contributed by atoms with Gasteiger partial charge in [0.1, 0.15) is 0 Å². The molecule has 0 amide bonds. The van der Waals surface area contributed by atoms with Gasteiger partial charge in [-0.15, -0.1) is 0 Å². The highest BCUT2D eigenvalue weighted by molar-refractivity contribution is 5.28. The first kappa shape index (κ1) is 12.6. The molecule has 0 saturated heterocycles. The van der Waals surface area contributed by atoms with Gasteiger partial charge < -0.3 is 5.73 Å². The van der Waals surface area contributed by atoms with Crippen molar-refractivity contribution in [3.8, 4) is 0 Å². The molecule has 1 aromatic rings. The van der Waals surface area contributed by atoms with E-state index >= 15 is 0 Å². The molecule has 1 aliphatic rings. The summed E-state index contributed by atoms with van der Waals surface area (Å²) < 4.78 is 0. The lowest BCUT2D eigenvalue weighted by atomic mass is 9.71. The fraction of sp³-hybridized carbons (Fsp3) is 0.625. The summed E-state index contributed by atoms with van der Waals surface area (Å²) in [4.78, 5) is 0. The fourth-order valence-electron chi connectivity index (χ4n) is 2.83. The number of rotatable bonds is 2. The van der Waals surface area contributed by atoms with Crippen molar-refractivity contribution in [3.05, 3.63) is 35.4 Å². The molecule has 0 heterocycles. The smallest absolute Gasteiger partial charge is 0.0266 e. The van der Waals surface area contributed by atoms with E-state index in [1.54, 1.807) is 0 Å². The van der Waals surface area contributed by atoms with Gasteiger partial charge in [-0.1, -0.05) is 38.1 Å². The van der Waals surface area contributed by atoms with Crippen LogP contribution in [0.2, 0.25) is 0 Å². The van der Waals surface area contributed by atoms with Crippen LogP contribution in [0.4, 0.5) is 0 Å². The van der Waals surface area contributed by atoms with Crippen LogP contribution in [0.1, 0.15) is 69.5 Å². The quantitative estimate of drug-likeness (QED) is 0.802. The Morgan fingerprint density at radius 1 is 1.24 bits per heavy atom. The molecule has 1 atom stereocenters. The summed E-state index contributed by atoms with van der Waals surface area (Å²) in [5.74, 6) is 0.752. The maximum Gasteiger partial charge on any atom is 0.0266 e. The van der Waals surface area contributed by atoms with Crippen LogP contribution in [0, 0.1) is 5.41 Å². The van der Waals surface area contributed by atoms with Gasteiger partial charge in [0.25, 0.3) is 0 Å². The molecule has 17 heavy (non-hydrogen) atoms. The van der Waals surface area contributed by atoms with Gasteiger partial charge in [0.2, 0.25) is 0 Å². The molecule has 0 radical (unpaired) electrons. The average Bonchev–Trinajstić information content (AvgIpc) is 2.29. The molecule has 1 fully saturated rings. The van der Waals surface area contributed by atoms with Gasteiger partial charge in [0.05, 0.1) is 0 Å². The van der Waals surface area contributed by atoms with Gasteiger partial charge in [0.15, 0.2) is 0 Å².